The Balaban J connectivity index is 0.00000196. The molecule has 0 aromatic carbocycles. The molecule has 0 saturated heterocycles. The van der Waals surface area contributed by atoms with Crippen molar-refractivity contribution in [1.82, 2.24) is 4.98 Å². The maximum atomic E-state index is 11.0. The topological polar surface area (TPSA) is 65.2 Å². The summed E-state index contributed by atoms with van der Waals surface area (Å²) in [5.41, 5.74) is 6.27. The Hall–Kier alpha value is -0.840. The van der Waals surface area contributed by atoms with Crippen molar-refractivity contribution >= 4 is 30.0 Å². The smallest absolute Gasteiger partial charge is 0.323 e. The Morgan fingerprint density at radius 1 is 1.67 bits per heavy atom. The maximum Gasteiger partial charge on any atom is 0.323 e. The zero-order valence-electron chi connectivity index (χ0n) is 8.14. The highest BCUT2D eigenvalue weighted by Gasteiger charge is 2.14. The molecular weight excluding hydrogens is 239 g/mol. The molecule has 0 spiro atoms. The van der Waals surface area contributed by atoms with Gasteiger partial charge >= 0.3 is 5.97 Å². The van der Waals surface area contributed by atoms with E-state index in [1.54, 1.807) is 12.1 Å². The lowest BCUT2D eigenvalue weighted by Crippen LogP contribution is -2.33. The summed E-state index contributed by atoms with van der Waals surface area (Å²) in [6, 6.07) is 2.76. The predicted molar refractivity (Wildman–Crippen MR) is 60.2 cm³/mol. The number of carbonyl (C=O) groups is 1. The highest BCUT2D eigenvalue weighted by Crippen LogP contribution is 2.07. The van der Waals surface area contributed by atoms with E-state index in [9.17, 15) is 4.79 Å². The molecule has 4 nitrogen and oxygen atoms in total. The number of esters is 1. The quantitative estimate of drug-likeness (QED) is 0.820. The first-order chi connectivity index (χ1) is 6.63. The van der Waals surface area contributed by atoms with Crippen molar-refractivity contribution in [3.05, 3.63) is 29.0 Å². The number of carbonyl (C=O) groups excluding carboxylic acids is 1. The minimum Gasteiger partial charge on any atom is -0.468 e. The maximum absolute atomic E-state index is 11.0. The van der Waals surface area contributed by atoms with Crippen molar-refractivity contribution < 1.29 is 9.53 Å². The van der Waals surface area contributed by atoms with Crippen molar-refractivity contribution in [2.45, 2.75) is 12.5 Å². The number of hydrogen-bond acceptors (Lipinski definition) is 4. The normalized spacial score (nSPS) is 11.4. The molecule has 0 unspecified atom stereocenters. The lowest BCUT2D eigenvalue weighted by Gasteiger charge is -2.07. The second-order valence-electron chi connectivity index (χ2n) is 2.80. The van der Waals surface area contributed by atoms with Crippen LogP contribution in [-0.2, 0) is 16.0 Å². The minimum absolute atomic E-state index is 0. The molecule has 0 aliphatic carbocycles. The van der Waals surface area contributed by atoms with Gasteiger partial charge in [0, 0.05) is 18.3 Å². The fourth-order valence-electron chi connectivity index (χ4n) is 0.987. The summed E-state index contributed by atoms with van der Waals surface area (Å²) in [6.07, 6.45) is 1.87. The van der Waals surface area contributed by atoms with Crippen LogP contribution in [0.15, 0.2) is 18.3 Å². The number of halogens is 2. The van der Waals surface area contributed by atoms with Gasteiger partial charge in [-0.2, -0.15) is 0 Å². The third-order valence-corrected chi connectivity index (χ3v) is 1.95. The molecule has 0 aliphatic rings. The predicted octanol–water partition coefficient (Wildman–Crippen LogP) is 1.20. The van der Waals surface area contributed by atoms with Gasteiger partial charge < -0.3 is 10.5 Å². The summed E-state index contributed by atoms with van der Waals surface area (Å²) in [4.78, 5) is 15.0. The summed E-state index contributed by atoms with van der Waals surface area (Å²) in [7, 11) is 1.30. The van der Waals surface area contributed by atoms with E-state index in [-0.39, 0.29) is 12.4 Å². The van der Waals surface area contributed by atoms with Crippen LogP contribution in [0.3, 0.4) is 0 Å². The number of pyridine rings is 1. The van der Waals surface area contributed by atoms with E-state index in [1.165, 1.54) is 13.3 Å². The van der Waals surface area contributed by atoms with Gasteiger partial charge in [0.1, 0.15) is 6.04 Å². The van der Waals surface area contributed by atoms with Gasteiger partial charge in [-0.1, -0.05) is 11.6 Å². The van der Waals surface area contributed by atoms with Gasteiger partial charge in [0.2, 0.25) is 0 Å². The van der Waals surface area contributed by atoms with E-state index in [0.717, 1.165) is 0 Å². The molecule has 0 bridgehead atoms. The van der Waals surface area contributed by atoms with Crippen LogP contribution in [0.1, 0.15) is 5.69 Å². The SMILES string of the molecule is COC(=O)[C@@H](N)Cc1ccc(Cl)cn1.Cl. The fraction of sp³-hybridized carbons (Fsp3) is 0.333. The molecule has 0 fully saturated rings. The second kappa shape index (κ2) is 6.61. The highest BCUT2D eigenvalue weighted by atomic mass is 35.5. The van der Waals surface area contributed by atoms with E-state index in [0.29, 0.717) is 17.1 Å². The first kappa shape index (κ1) is 14.2. The molecule has 1 rings (SSSR count). The summed E-state index contributed by atoms with van der Waals surface area (Å²) in [5, 5.41) is 0.556. The van der Waals surface area contributed by atoms with Gasteiger partial charge in [-0.15, -0.1) is 12.4 Å². The summed E-state index contributed by atoms with van der Waals surface area (Å²) in [6.45, 7) is 0. The number of rotatable bonds is 3. The summed E-state index contributed by atoms with van der Waals surface area (Å²) in [5.74, 6) is -0.443. The molecule has 1 atom stereocenters. The summed E-state index contributed by atoms with van der Waals surface area (Å²) < 4.78 is 4.49. The molecule has 0 radical (unpaired) electrons. The standard InChI is InChI=1S/C9H11ClN2O2.ClH/c1-14-9(13)8(11)4-7-3-2-6(10)5-12-7;/h2-3,5,8H,4,11H2,1H3;1H/t8-;/m0./s1. The Morgan fingerprint density at radius 3 is 2.80 bits per heavy atom. The molecule has 1 heterocycles. The monoisotopic (exact) mass is 250 g/mol. The molecular formula is C9H12Cl2N2O2. The highest BCUT2D eigenvalue weighted by molar-refractivity contribution is 6.30. The molecule has 0 amide bonds. The number of nitrogens with two attached hydrogens (primary N) is 1. The van der Waals surface area contributed by atoms with E-state index in [1.807, 2.05) is 0 Å². The van der Waals surface area contributed by atoms with Gasteiger partial charge in [-0.25, -0.2) is 0 Å². The van der Waals surface area contributed by atoms with Gasteiger partial charge in [-0.05, 0) is 12.1 Å². The van der Waals surface area contributed by atoms with Gasteiger partial charge in [0.25, 0.3) is 0 Å². The molecule has 15 heavy (non-hydrogen) atoms. The van der Waals surface area contributed by atoms with Crippen LogP contribution in [0.2, 0.25) is 5.02 Å². The average molecular weight is 251 g/mol. The van der Waals surface area contributed by atoms with Crippen LogP contribution in [-0.4, -0.2) is 24.1 Å². The average Bonchev–Trinajstić information content (AvgIpc) is 2.20. The number of ether oxygens (including phenoxy) is 1. The van der Waals surface area contributed by atoms with Gasteiger partial charge in [0.15, 0.2) is 0 Å². The van der Waals surface area contributed by atoms with Crippen LogP contribution in [0.25, 0.3) is 0 Å². The van der Waals surface area contributed by atoms with Crippen LogP contribution in [0.4, 0.5) is 0 Å². The van der Waals surface area contributed by atoms with Gasteiger partial charge in [0.05, 0.1) is 12.1 Å². The number of methoxy groups -OCH3 is 1. The number of nitrogens with zero attached hydrogens (tertiary/aromatic N) is 1. The van der Waals surface area contributed by atoms with E-state index in [4.69, 9.17) is 17.3 Å². The molecule has 0 aliphatic heterocycles. The van der Waals surface area contributed by atoms with Crippen LogP contribution in [0.5, 0.6) is 0 Å². The largest absolute Gasteiger partial charge is 0.468 e. The third-order valence-electron chi connectivity index (χ3n) is 1.72. The van der Waals surface area contributed by atoms with Crippen molar-refractivity contribution in [1.29, 1.82) is 0 Å². The first-order valence-corrected chi connectivity index (χ1v) is 4.45. The molecule has 2 N–H and O–H groups in total. The molecule has 0 saturated carbocycles. The Morgan fingerprint density at radius 2 is 2.33 bits per heavy atom. The van der Waals surface area contributed by atoms with E-state index in [2.05, 4.69) is 9.72 Å². The number of hydrogen-bond donors (Lipinski definition) is 1. The Labute approximate surface area is 99.2 Å². The zero-order valence-corrected chi connectivity index (χ0v) is 9.72. The van der Waals surface area contributed by atoms with Gasteiger partial charge in [-0.3, -0.25) is 9.78 Å². The van der Waals surface area contributed by atoms with E-state index >= 15 is 0 Å². The van der Waals surface area contributed by atoms with Crippen LogP contribution in [0, 0.1) is 0 Å². The van der Waals surface area contributed by atoms with Crippen molar-refractivity contribution in [2.75, 3.05) is 7.11 Å². The fourth-order valence-corrected chi connectivity index (χ4v) is 1.10. The van der Waals surface area contributed by atoms with Crippen molar-refractivity contribution in [2.24, 2.45) is 5.73 Å². The summed E-state index contributed by atoms with van der Waals surface area (Å²) >= 11 is 5.65. The van der Waals surface area contributed by atoms with Crippen LogP contribution >= 0.6 is 24.0 Å². The van der Waals surface area contributed by atoms with Crippen molar-refractivity contribution in [3.63, 3.8) is 0 Å². The zero-order chi connectivity index (χ0) is 10.6. The van der Waals surface area contributed by atoms with Crippen molar-refractivity contribution in [3.8, 4) is 0 Å². The number of aromatic nitrogens is 1. The Kier molecular flexibility index (Phi) is 6.24. The molecule has 1 aromatic rings. The molecule has 6 heteroatoms. The lowest BCUT2D eigenvalue weighted by atomic mass is 10.1. The Bertz CT molecular complexity index is 316. The minimum atomic E-state index is -0.673. The first-order valence-electron chi connectivity index (χ1n) is 4.07. The third kappa shape index (κ3) is 4.46. The molecule has 1 aromatic heterocycles. The second-order valence-corrected chi connectivity index (χ2v) is 3.24. The molecule has 84 valence electrons. The van der Waals surface area contributed by atoms with Crippen LogP contribution < -0.4 is 5.73 Å². The van der Waals surface area contributed by atoms with E-state index < -0.39 is 12.0 Å². The lowest BCUT2D eigenvalue weighted by molar-refractivity contribution is -0.142.